The molecule has 0 fully saturated rings. The van der Waals surface area contributed by atoms with E-state index in [1.54, 1.807) is 71.3 Å². The lowest BCUT2D eigenvalue weighted by Crippen LogP contribution is -2.31. The van der Waals surface area contributed by atoms with Gasteiger partial charge in [-0.2, -0.15) is 13.2 Å². The first-order valence-corrected chi connectivity index (χ1v) is 13.7. The number of aromatic nitrogens is 1. The quantitative estimate of drug-likeness (QED) is 0.240. The van der Waals surface area contributed by atoms with Crippen LogP contribution in [0.5, 0.6) is 0 Å². The second-order valence-corrected chi connectivity index (χ2v) is 9.03. The molecule has 4 nitrogen and oxygen atoms in total. The highest BCUT2D eigenvalue weighted by Gasteiger charge is 2.34. The van der Waals surface area contributed by atoms with E-state index in [-0.39, 0.29) is 11.6 Å². The molecule has 3 aromatic carbocycles. The lowest BCUT2D eigenvalue weighted by Gasteiger charge is -2.19. The highest BCUT2D eigenvalue weighted by Crippen LogP contribution is 2.39. The second-order valence-electron chi connectivity index (χ2n) is 8.60. The maximum absolute atomic E-state index is 14.0. The molecule has 0 saturated carbocycles. The molecule has 0 bridgehead atoms. The fourth-order valence-corrected chi connectivity index (χ4v) is 4.09. The summed E-state index contributed by atoms with van der Waals surface area (Å²) in [6.45, 7) is 9.22. The summed E-state index contributed by atoms with van der Waals surface area (Å²) >= 11 is 6.04. The van der Waals surface area contributed by atoms with E-state index in [4.69, 9.17) is 11.6 Å². The number of carbonyl (C=O) groups excluding carboxylic acids is 1. The molecule has 1 amide bonds. The molecule has 40 heavy (non-hydrogen) atoms. The Balaban J connectivity index is 0.00000134. The number of halogens is 4. The van der Waals surface area contributed by atoms with E-state index < -0.39 is 11.7 Å². The Hall–Kier alpha value is -3.55. The maximum Gasteiger partial charge on any atom is 0.418 e. The SMILES string of the molecule is CC.CC.CN(C)CCNC(=O)c1ccc(-c2ccc(-c3ccc(Cl)cc3)n2-c2ccccc2C(F)(F)F)cc1. The number of nitrogens with zero attached hydrogens (tertiary/aromatic N) is 2. The summed E-state index contributed by atoms with van der Waals surface area (Å²) in [6.07, 6.45) is -4.54. The zero-order chi connectivity index (χ0) is 29.9. The van der Waals surface area contributed by atoms with Crippen LogP contribution in [-0.4, -0.2) is 42.6 Å². The molecule has 1 heterocycles. The number of likely N-dealkylation sites (N-methyl/N-ethyl adjacent to an activating group) is 1. The van der Waals surface area contributed by atoms with Gasteiger partial charge >= 0.3 is 6.18 Å². The normalized spacial score (nSPS) is 10.8. The zero-order valence-electron chi connectivity index (χ0n) is 23.8. The van der Waals surface area contributed by atoms with E-state index in [1.807, 2.05) is 46.7 Å². The van der Waals surface area contributed by atoms with Gasteiger partial charge in [-0.3, -0.25) is 4.79 Å². The van der Waals surface area contributed by atoms with Crippen molar-refractivity contribution in [1.29, 1.82) is 0 Å². The molecule has 214 valence electrons. The van der Waals surface area contributed by atoms with Crippen molar-refractivity contribution in [3.8, 4) is 28.2 Å². The zero-order valence-corrected chi connectivity index (χ0v) is 24.6. The van der Waals surface area contributed by atoms with Crippen LogP contribution in [0.2, 0.25) is 5.02 Å². The number of rotatable bonds is 7. The van der Waals surface area contributed by atoms with Crippen LogP contribution in [0.15, 0.2) is 84.9 Å². The minimum absolute atomic E-state index is 0.0143. The van der Waals surface area contributed by atoms with Gasteiger partial charge in [-0.25, -0.2) is 0 Å². The lowest BCUT2D eigenvalue weighted by atomic mass is 10.1. The molecular formula is C32H37ClF3N3O. The first kappa shape index (κ1) is 32.7. The molecule has 0 aliphatic carbocycles. The van der Waals surface area contributed by atoms with Crippen LogP contribution in [-0.2, 0) is 6.18 Å². The lowest BCUT2D eigenvalue weighted by molar-refractivity contribution is -0.137. The summed E-state index contributed by atoms with van der Waals surface area (Å²) in [6, 6.07) is 22.8. The van der Waals surface area contributed by atoms with Gasteiger partial charge in [-0.15, -0.1) is 0 Å². The van der Waals surface area contributed by atoms with Gasteiger partial charge in [-0.1, -0.05) is 75.7 Å². The predicted molar refractivity (Wildman–Crippen MR) is 160 cm³/mol. The summed E-state index contributed by atoms with van der Waals surface area (Å²) in [5.41, 5.74) is 2.30. The summed E-state index contributed by atoms with van der Waals surface area (Å²) in [5, 5.41) is 3.39. The summed E-state index contributed by atoms with van der Waals surface area (Å²) in [7, 11) is 3.84. The van der Waals surface area contributed by atoms with Crippen LogP contribution < -0.4 is 5.32 Å². The molecule has 0 radical (unpaired) electrons. The molecule has 4 rings (SSSR count). The number of benzene rings is 3. The standard InChI is InChI=1S/C28H25ClF3N3O.2C2H6/c1-34(2)18-17-33-27(36)21-9-7-19(8-10-21)24-15-16-25(20-11-13-22(29)14-12-20)35(24)26-6-4-3-5-23(26)28(30,31)32;2*1-2/h3-16H,17-18H2,1-2H3,(H,33,36);2*1-2H3. The van der Waals surface area contributed by atoms with E-state index in [0.29, 0.717) is 40.6 Å². The predicted octanol–water partition coefficient (Wildman–Crippen LogP) is 8.83. The highest BCUT2D eigenvalue weighted by molar-refractivity contribution is 6.30. The molecule has 4 aromatic rings. The number of amides is 1. The molecule has 0 atom stereocenters. The van der Waals surface area contributed by atoms with E-state index in [9.17, 15) is 18.0 Å². The van der Waals surface area contributed by atoms with Crippen molar-refractivity contribution in [2.45, 2.75) is 33.9 Å². The molecule has 1 aromatic heterocycles. The Morgan fingerprint density at radius 2 is 1.30 bits per heavy atom. The van der Waals surface area contributed by atoms with Crippen molar-refractivity contribution in [2.24, 2.45) is 0 Å². The molecule has 1 N–H and O–H groups in total. The third-order valence-electron chi connectivity index (χ3n) is 5.76. The van der Waals surface area contributed by atoms with Gasteiger partial charge in [0.15, 0.2) is 0 Å². The Morgan fingerprint density at radius 1 is 0.800 bits per heavy atom. The second kappa shape index (κ2) is 15.3. The van der Waals surface area contributed by atoms with Gasteiger partial charge < -0.3 is 14.8 Å². The first-order valence-electron chi connectivity index (χ1n) is 13.3. The maximum atomic E-state index is 14.0. The van der Waals surface area contributed by atoms with Crippen LogP contribution in [0.25, 0.3) is 28.2 Å². The van der Waals surface area contributed by atoms with Gasteiger partial charge in [-0.05, 0) is 73.8 Å². The van der Waals surface area contributed by atoms with Gasteiger partial charge in [0.1, 0.15) is 0 Å². The number of carbonyl (C=O) groups is 1. The van der Waals surface area contributed by atoms with Crippen LogP contribution in [0.1, 0.15) is 43.6 Å². The Labute approximate surface area is 240 Å². The monoisotopic (exact) mass is 571 g/mol. The average Bonchev–Trinajstić information content (AvgIpc) is 3.40. The highest BCUT2D eigenvalue weighted by atomic mass is 35.5. The number of hydrogen-bond acceptors (Lipinski definition) is 2. The van der Waals surface area contributed by atoms with E-state index >= 15 is 0 Å². The van der Waals surface area contributed by atoms with Crippen LogP contribution in [0.4, 0.5) is 13.2 Å². The smallest absolute Gasteiger partial charge is 0.351 e. The minimum Gasteiger partial charge on any atom is -0.351 e. The van der Waals surface area contributed by atoms with Crippen molar-refractivity contribution in [2.75, 3.05) is 27.2 Å². The fraction of sp³-hybridized carbons (Fsp3) is 0.281. The van der Waals surface area contributed by atoms with Crippen LogP contribution >= 0.6 is 11.6 Å². The topological polar surface area (TPSA) is 37.3 Å². The summed E-state index contributed by atoms with van der Waals surface area (Å²) < 4.78 is 43.5. The first-order chi connectivity index (χ1) is 19.1. The van der Waals surface area contributed by atoms with Gasteiger partial charge in [0.25, 0.3) is 5.91 Å². The van der Waals surface area contributed by atoms with Crippen molar-refractivity contribution >= 4 is 17.5 Å². The number of para-hydroxylation sites is 1. The summed E-state index contributed by atoms with van der Waals surface area (Å²) in [5.74, 6) is -0.206. The molecule has 8 heteroatoms. The number of alkyl halides is 3. The third-order valence-corrected chi connectivity index (χ3v) is 6.01. The molecule has 0 unspecified atom stereocenters. The van der Waals surface area contributed by atoms with Crippen molar-refractivity contribution in [3.63, 3.8) is 0 Å². The summed E-state index contributed by atoms with van der Waals surface area (Å²) in [4.78, 5) is 14.4. The van der Waals surface area contributed by atoms with Gasteiger partial charge in [0.2, 0.25) is 0 Å². The average molecular weight is 572 g/mol. The number of nitrogens with one attached hydrogen (secondary N) is 1. The Morgan fingerprint density at radius 3 is 1.80 bits per heavy atom. The molecule has 0 spiro atoms. The minimum atomic E-state index is -4.54. The molecular weight excluding hydrogens is 535 g/mol. The van der Waals surface area contributed by atoms with Gasteiger partial charge in [0.05, 0.1) is 22.6 Å². The van der Waals surface area contributed by atoms with Crippen LogP contribution in [0, 0.1) is 0 Å². The van der Waals surface area contributed by atoms with Gasteiger partial charge in [0, 0.05) is 23.7 Å². The number of hydrogen-bond donors (Lipinski definition) is 1. The molecule has 0 aliphatic heterocycles. The largest absolute Gasteiger partial charge is 0.418 e. The fourth-order valence-electron chi connectivity index (χ4n) is 3.96. The van der Waals surface area contributed by atoms with E-state index in [2.05, 4.69) is 5.32 Å². The van der Waals surface area contributed by atoms with E-state index in [0.717, 1.165) is 11.6 Å². The third kappa shape index (κ3) is 8.23. The van der Waals surface area contributed by atoms with Crippen LogP contribution in [0.3, 0.4) is 0 Å². The molecule has 0 aliphatic rings. The van der Waals surface area contributed by atoms with Crippen molar-refractivity contribution < 1.29 is 18.0 Å². The molecule has 0 saturated heterocycles. The Bertz CT molecular complexity index is 1350. The Kier molecular flexibility index (Phi) is 12.5. The van der Waals surface area contributed by atoms with Crippen molar-refractivity contribution in [3.05, 3.63) is 101 Å². The van der Waals surface area contributed by atoms with Crippen molar-refractivity contribution in [1.82, 2.24) is 14.8 Å². The van der Waals surface area contributed by atoms with E-state index in [1.165, 1.54) is 12.1 Å².